The maximum atomic E-state index is 5.82. The summed E-state index contributed by atoms with van der Waals surface area (Å²) in [6.45, 7) is -0.202. The molecule has 0 aromatic heterocycles. The molecule has 0 atom stereocenters. The van der Waals surface area contributed by atoms with Crippen LogP contribution in [0.5, 0.6) is 0 Å². The van der Waals surface area contributed by atoms with E-state index in [1.54, 1.807) is 5.29 Å². The minimum absolute atomic E-state index is 0.770. The molecule has 1 saturated heterocycles. The number of benzene rings is 3. The molecule has 1 heterocycles. The molecule has 120 valence electrons. The molecule has 1 aliphatic rings. The highest BCUT2D eigenvalue weighted by Crippen LogP contribution is 2.47. The summed E-state index contributed by atoms with van der Waals surface area (Å²) in [6, 6.07) is 33.0. The average molecular weight is 332 g/mol. The van der Waals surface area contributed by atoms with E-state index in [0.29, 0.717) is 0 Å². The predicted molar refractivity (Wildman–Crippen MR) is 106 cm³/mol. The Morgan fingerprint density at radius 1 is 0.583 bits per heavy atom. The van der Waals surface area contributed by atoms with Crippen LogP contribution in [0.3, 0.4) is 0 Å². The van der Waals surface area contributed by atoms with Crippen molar-refractivity contribution in [3.63, 3.8) is 0 Å². The lowest BCUT2D eigenvalue weighted by Crippen LogP contribution is -2.30. The standard InChI is InChI=1S/C22H21OP/c1-4-10-19(11-5-1)24(22-16-17-23-18-22,20-12-6-2-7-13-20)21-14-8-3-9-15-21/h1-15H,16-18H2. The zero-order valence-electron chi connectivity index (χ0n) is 13.6. The summed E-state index contributed by atoms with van der Waals surface area (Å²) in [5, 5.41) is 5.81. The first-order valence-electron chi connectivity index (χ1n) is 8.41. The molecule has 2 heteroatoms. The highest BCUT2D eigenvalue weighted by Gasteiger charge is 2.30. The Bertz CT molecular complexity index is 743. The number of ether oxygens (including phenoxy) is 1. The van der Waals surface area contributed by atoms with Gasteiger partial charge in [-0.3, -0.25) is 0 Å². The Kier molecular flexibility index (Phi) is 4.38. The molecule has 4 rings (SSSR count). The topological polar surface area (TPSA) is 9.23 Å². The predicted octanol–water partition coefficient (Wildman–Crippen LogP) is 3.57. The molecule has 0 bridgehead atoms. The molecule has 24 heavy (non-hydrogen) atoms. The van der Waals surface area contributed by atoms with Gasteiger partial charge in [0, 0.05) is 0 Å². The summed E-state index contributed by atoms with van der Waals surface area (Å²) in [5.41, 5.74) is 0. The van der Waals surface area contributed by atoms with E-state index in [-0.39, 0.29) is 0 Å². The van der Waals surface area contributed by atoms with E-state index in [1.807, 2.05) is 0 Å². The first-order chi connectivity index (χ1) is 11.9. The van der Waals surface area contributed by atoms with Crippen LogP contribution in [0.1, 0.15) is 6.42 Å². The lowest BCUT2D eigenvalue weighted by Gasteiger charge is -2.31. The zero-order valence-corrected chi connectivity index (χ0v) is 14.5. The monoisotopic (exact) mass is 332 g/mol. The summed E-state index contributed by atoms with van der Waals surface area (Å²) < 4.78 is 5.82. The highest BCUT2D eigenvalue weighted by atomic mass is 31.2. The van der Waals surface area contributed by atoms with Gasteiger partial charge in [-0.05, 0) is 34.5 Å². The fourth-order valence-electron chi connectivity index (χ4n) is 3.67. The SMILES string of the molecule is c1ccc(P(=C2CCOC2)(c2ccccc2)c2ccccc2)cc1. The van der Waals surface area contributed by atoms with Gasteiger partial charge >= 0.3 is 0 Å². The molecule has 1 nitrogen and oxygen atoms in total. The second-order valence-corrected chi connectivity index (χ2v) is 9.57. The lowest BCUT2D eigenvalue weighted by atomic mass is 10.3. The lowest BCUT2D eigenvalue weighted by molar-refractivity contribution is 0.209. The first-order valence-corrected chi connectivity index (χ1v) is 10.2. The largest absolute Gasteiger partial charge is 0.377 e. The first kappa shape index (κ1) is 15.4. The van der Waals surface area contributed by atoms with Gasteiger partial charge in [0.25, 0.3) is 0 Å². The molecule has 0 aliphatic carbocycles. The van der Waals surface area contributed by atoms with E-state index >= 15 is 0 Å². The van der Waals surface area contributed by atoms with Crippen molar-refractivity contribution in [2.45, 2.75) is 6.42 Å². The highest BCUT2D eigenvalue weighted by molar-refractivity contribution is 7.95. The van der Waals surface area contributed by atoms with Crippen LogP contribution in [0.15, 0.2) is 91.0 Å². The Balaban J connectivity index is 2.14. The third kappa shape index (κ3) is 2.55. The normalized spacial score (nSPS) is 14.8. The van der Waals surface area contributed by atoms with E-state index in [1.165, 1.54) is 15.9 Å². The van der Waals surface area contributed by atoms with Crippen LogP contribution in [-0.4, -0.2) is 18.5 Å². The van der Waals surface area contributed by atoms with Gasteiger partial charge in [-0.1, -0.05) is 91.0 Å². The molecule has 0 N–H and O–H groups in total. The van der Waals surface area contributed by atoms with Gasteiger partial charge in [0.2, 0.25) is 0 Å². The minimum Gasteiger partial charge on any atom is -0.377 e. The Labute approximate surface area is 143 Å². The summed E-state index contributed by atoms with van der Waals surface area (Å²) >= 11 is 0. The van der Waals surface area contributed by atoms with E-state index in [2.05, 4.69) is 91.0 Å². The van der Waals surface area contributed by atoms with E-state index in [9.17, 15) is 0 Å². The van der Waals surface area contributed by atoms with Gasteiger partial charge in [-0.15, -0.1) is 0 Å². The van der Waals surface area contributed by atoms with Gasteiger partial charge in [-0.2, -0.15) is 0 Å². The second kappa shape index (κ2) is 6.81. The van der Waals surface area contributed by atoms with E-state index < -0.39 is 6.89 Å². The maximum absolute atomic E-state index is 5.82. The smallest absolute Gasteiger partial charge is 0.0690 e. The van der Waals surface area contributed by atoms with Crippen molar-refractivity contribution in [1.29, 1.82) is 0 Å². The second-order valence-electron chi connectivity index (χ2n) is 6.05. The van der Waals surface area contributed by atoms with Crippen LogP contribution in [0.25, 0.3) is 0 Å². The van der Waals surface area contributed by atoms with Gasteiger partial charge in [-0.25, -0.2) is 0 Å². The molecule has 3 aromatic carbocycles. The number of rotatable bonds is 3. The molecular formula is C22H21OP. The molecule has 0 unspecified atom stereocenters. The molecule has 0 saturated carbocycles. The van der Waals surface area contributed by atoms with Crippen molar-refractivity contribution in [2.75, 3.05) is 13.2 Å². The quantitative estimate of drug-likeness (QED) is 0.666. The zero-order chi connectivity index (χ0) is 16.2. The summed E-state index contributed by atoms with van der Waals surface area (Å²) in [6.07, 6.45) is 1.05. The van der Waals surface area contributed by atoms with Crippen LogP contribution >= 0.6 is 6.89 Å². The van der Waals surface area contributed by atoms with Crippen LogP contribution in [-0.2, 0) is 4.74 Å². The summed E-state index contributed by atoms with van der Waals surface area (Å²) in [4.78, 5) is 0. The Hall–Kier alpha value is -2.08. The van der Waals surface area contributed by atoms with Gasteiger partial charge in [0.05, 0.1) is 13.2 Å². The molecule has 0 radical (unpaired) electrons. The third-order valence-corrected chi connectivity index (χ3v) is 9.23. The summed E-state index contributed by atoms with van der Waals surface area (Å²) in [7, 11) is 0. The molecule has 0 spiro atoms. The van der Waals surface area contributed by atoms with Crippen molar-refractivity contribution < 1.29 is 4.74 Å². The van der Waals surface area contributed by atoms with Crippen LogP contribution < -0.4 is 15.9 Å². The van der Waals surface area contributed by atoms with E-state index in [0.717, 1.165) is 19.6 Å². The van der Waals surface area contributed by atoms with Crippen molar-refractivity contribution in [1.82, 2.24) is 0 Å². The van der Waals surface area contributed by atoms with Crippen LogP contribution in [0, 0.1) is 0 Å². The van der Waals surface area contributed by atoms with Gasteiger partial charge in [0.15, 0.2) is 0 Å². The third-order valence-electron chi connectivity index (χ3n) is 4.71. The molecule has 1 fully saturated rings. The van der Waals surface area contributed by atoms with E-state index in [4.69, 9.17) is 4.74 Å². The molecule has 1 aliphatic heterocycles. The number of hydrogen-bond acceptors (Lipinski definition) is 1. The van der Waals surface area contributed by atoms with Crippen molar-refractivity contribution >= 4 is 28.1 Å². The minimum atomic E-state index is -1.81. The van der Waals surface area contributed by atoms with Gasteiger partial charge in [0.1, 0.15) is 0 Å². The molecule has 0 amide bonds. The molecular weight excluding hydrogens is 311 g/mol. The van der Waals surface area contributed by atoms with Crippen LogP contribution in [0.2, 0.25) is 0 Å². The Morgan fingerprint density at radius 2 is 1.00 bits per heavy atom. The molecule has 3 aromatic rings. The van der Waals surface area contributed by atoms with Crippen molar-refractivity contribution in [3.05, 3.63) is 91.0 Å². The average Bonchev–Trinajstić information content (AvgIpc) is 3.20. The van der Waals surface area contributed by atoms with Crippen LogP contribution in [0.4, 0.5) is 0 Å². The number of hydrogen-bond donors (Lipinski definition) is 0. The van der Waals surface area contributed by atoms with Crippen molar-refractivity contribution in [3.8, 4) is 0 Å². The fourth-order valence-corrected chi connectivity index (χ4v) is 8.23. The summed E-state index contributed by atoms with van der Waals surface area (Å²) in [5.74, 6) is 0. The van der Waals surface area contributed by atoms with Crippen molar-refractivity contribution in [2.24, 2.45) is 0 Å². The maximum Gasteiger partial charge on any atom is 0.0690 e. The fraction of sp³-hybridized carbons (Fsp3) is 0.136. The van der Waals surface area contributed by atoms with Gasteiger partial charge < -0.3 is 4.74 Å². The Morgan fingerprint density at radius 3 is 1.33 bits per heavy atom.